The zero-order chi connectivity index (χ0) is 14.6. The van der Waals surface area contributed by atoms with Crippen LogP contribution in [0.3, 0.4) is 0 Å². The van der Waals surface area contributed by atoms with Crippen molar-refractivity contribution in [3.63, 3.8) is 0 Å². The predicted molar refractivity (Wildman–Crippen MR) is 71.6 cm³/mol. The fourth-order valence-electron chi connectivity index (χ4n) is 0.833. The fourth-order valence-corrected chi connectivity index (χ4v) is 0.833. The molecule has 0 aliphatic rings. The van der Waals surface area contributed by atoms with Crippen molar-refractivity contribution in [2.75, 3.05) is 13.1 Å². The van der Waals surface area contributed by atoms with Crippen LogP contribution in [0.4, 0.5) is 0 Å². The number of allylic oxidation sites excluding steroid dienone is 1. The van der Waals surface area contributed by atoms with Crippen LogP contribution in [0.1, 0.15) is 34.1 Å². The Morgan fingerprint density at radius 1 is 1.22 bits per heavy atom. The van der Waals surface area contributed by atoms with Crippen molar-refractivity contribution < 1.29 is 19.8 Å². The topological polar surface area (TPSA) is 86.6 Å². The van der Waals surface area contributed by atoms with E-state index in [0.717, 1.165) is 13.0 Å². The molecule has 0 heterocycles. The van der Waals surface area contributed by atoms with Crippen LogP contribution in [-0.2, 0) is 9.59 Å². The fraction of sp³-hybridized carbons (Fsp3) is 0.692. The first-order valence-corrected chi connectivity index (χ1v) is 6.09. The summed E-state index contributed by atoms with van der Waals surface area (Å²) in [6, 6.07) is 0. The van der Waals surface area contributed by atoms with E-state index >= 15 is 0 Å². The van der Waals surface area contributed by atoms with Crippen molar-refractivity contribution in [1.82, 2.24) is 5.32 Å². The van der Waals surface area contributed by atoms with E-state index in [1.165, 1.54) is 0 Å². The Bertz CT molecular complexity index is 262. The van der Waals surface area contributed by atoms with Gasteiger partial charge >= 0.3 is 11.9 Å². The lowest BCUT2D eigenvalue weighted by Crippen LogP contribution is -2.22. The summed E-state index contributed by atoms with van der Waals surface area (Å²) in [5.74, 6) is -1.48. The zero-order valence-electron chi connectivity index (χ0n) is 11.6. The minimum Gasteiger partial charge on any atom is -0.481 e. The van der Waals surface area contributed by atoms with Gasteiger partial charge in [-0.3, -0.25) is 9.59 Å². The van der Waals surface area contributed by atoms with Gasteiger partial charge in [0.15, 0.2) is 0 Å². The SMILES string of the molecule is CC(C)C(C)C(=O)O.CC=CCCNCC(=O)O. The number of nitrogens with one attached hydrogen (secondary N) is 1. The van der Waals surface area contributed by atoms with E-state index in [0.29, 0.717) is 0 Å². The van der Waals surface area contributed by atoms with Crippen LogP contribution in [0.25, 0.3) is 0 Å². The van der Waals surface area contributed by atoms with Gasteiger partial charge in [0.05, 0.1) is 12.5 Å². The lowest BCUT2D eigenvalue weighted by molar-refractivity contribution is -0.142. The third-order valence-corrected chi connectivity index (χ3v) is 2.39. The van der Waals surface area contributed by atoms with Gasteiger partial charge in [-0.15, -0.1) is 0 Å². The number of carboxylic acids is 2. The van der Waals surface area contributed by atoms with Crippen molar-refractivity contribution in [2.45, 2.75) is 34.1 Å². The zero-order valence-corrected chi connectivity index (χ0v) is 11.6. The number of aliphatic carboxylic acids is 2. The van der Waals surface area contributed by atoms with Gasteiger partial charge in [0.1, 0.15) is 0 Å². The molecule has 0 aliphatic heterocycles. The van der Waals surface area contributed by atoms with E-state index in [1.54, 1.807) is 6.92 Å². The summed E-state index contributed by atoms with van der Waals surface area (Å²) in [5.41, 5.74) is 0. The Labute approximate surface area is 109 Å². The normalized spacial score (nSPS) is 12.1. The van der Waals surface area contributed by atoms with Gasteiger partial charge in [-0.25, -0.2) is 0 Å². The number of hydrogen-bond donors (Lipinski definition) is 3. The second-order valence-corrected chi connectivity index (χ2v) is 4.30. The summed E-state index contributed by atoms with van der Waals surface area (Å²) in [4.78, 5) is 20.1. The lowest BCUT2D eigenvalue weighted by Gasteiger charge is -2.07. The monoisotopic (exact) mass is 259 g/mol. The van der Waals surface area contributed by atoms with Crippen LogP contribution in [0.2, 0.25) is 0 Å². The van der Waals surface area contributed by atoms with Crippen LogP contribution in [0.15, 0.2) is 12.2 Å². The van der Waals surface area contributed by atoms with Gasteiger partial charge in [-0.1, -0.05) is 32.9 Å². The highest BCUT2D eigenvalue weighted by atomic mass is 16.4. The molecule has 1 unspecified atom stereocenters. The Hall–Kier alpha value is -1.36. The molecule has 0 rings (SSSR count). The first-order chi connectivity index (χ1) is 8.32. The quantitative estimate of drug-likeness (QED) is 0.481. The molecule has 0 aromatic heterocycles. The number of rotatable bonds is 7. The van der Waals surface area contributed by atoms with Crippen molar-refractivity contribution in [2.24, 2.45) is 11.8 Å². The maximum Gasteiger partial charge on any atom is 0.317 e. The van der Waals surface area contributed by atoms with Crippen molar-refractivity contribution in [3.8, 4) is 0 Å². The third-order valence-electron chi connectivity index (χ3n) is 2.39. The van der Waals surface area contributed by atoms with Crippen LogP contribution < -0.4 is 5.32 Å². The van der Waals surface area contributed by atoms with E-state index in [9.17, 15) is 9.59 Å². The Balaban J connectivity index is 0. The molecular weight excluding hydrogens is 234 g/mol. The molecule has 5 nitrogen and oxygen atoms in total. The third kappa shape index (κ3) is 14.6. The largest absolute Gasteiger partial charge is 0.481 e. The van der Waals surface area contributed by atoms with Crippen LogP contribution >= 0.6 is 0 Å². The van der Waals surface area contributed by atoms with E-state index in [-0.39, 0.29) is 18.4 Å². The molecule has 3 N–H and O–H groups in total. The molecule has 0 saturated heterocycles. The molecule has 0 spiro atoms. The summed E-state index contributed by atoms with van der Waals surface area (Å²) < 4.78 is 0. The molecule has 0 bridgehead atoms. The molecule has 0 radical (unpaired) electrons. The average molecular weight is 259 g/mol. The van der Waals surface area contributed by atoms with Gasteiger partial charge in [-0.05, 0) is 25.8 Å². The second-order valence-electron chi connectivity index (χ2n) is 4.30. The minimum atomic E-state index is -0.805. The van der Waals surface area contributed by atoms with Crippen molar-refractivity contribution in [3.05, 3.63) is 12.2 Å². The molecule has 1 atom stereocenters. The van der Waals surface area contributed by atoms with Crippen molar-refractivity contribution in [1.29, 1.82) is 0 Å². The highest BCUT2D eigenvalue weighted by Crippen LogP contribution is 2.08. The van der Waals surface area contributed by atoms with Crippen LogP contribution in [-0.4, -0.2) is 35.2 Å². The second kappa shape index (κ2) is 12.1. The predicted octanol–water partition coefficient (Wildman–Crippen LogP) is 1.99. The molecular formula is C13H25NO4. The minimum absolute atomic E-state index is 0.0531. The van der Waals surface area contributed by atoms with E-state index in [1.807, 2.05) is 32.9 Å². The number of hydrogen-bond acceptors (Lipinski definition) is 3. The molecule has 18 heavy (non-hydrogen) atoms. The van der Waals surface area contributed by atoms with Gasteiger partial charge in [0.2, 0.25) is 0 Å². The van der Waals surface area contributed by atoms with Crippen LogP contribution in [0, 0.1) is 11.8 Å². The first-order valence-electron chi connectivity index (χ1n) is 6.09. The molecule has 0 fully saturated rings. The maximum atomic E-state index is 10.1. The Morgan fingerprint density at radius 3 is 2.06 bits per heavy atom. The van der Waals surface area contributed by atoms with Crippen LogP contribution in [0.5, 0.6) is 0 Å². The molecule has 5 heteroatoms. The standard InChI is InChI=1S/C7H13NO2.C6H12O2/c1-2-3-4-5-8-6-7(9)10;1-4(2)5(3)6(7)8/h2-3,8H,4-6H2,1H3,(H,9,10);4-5H,1-3H3,(H,7,8). The molecule has 106 valence electrons. The smallest absolute Gasteiger partial charge is 0.317 e. The van der Waals surface area contributed by atoms with Gasteiger partial charge in [-0.2, -0.15) is 0 Å². The van der Waals surface area contributed by atoms with Gasteiger partial charge in [0, 0.05) is 0 Å². The highest BCUT2D eigenvalue weighted by Gasteiger charge is 2.13. The summed E-state index contributed by atoms with van der Waals surface area (Å²) >= 11 is 0. The summed E-state index contributed by atoms with van der Waals surface area (Å²) in [7, 11) is 0. The molecule has 0 saturated carbocycles. The summed E-state index contributed by atoms with van der Waals surface area (Å²) in [6.07, 6.45) is 4.83. The lowest BCUT2D eigenvalue weighted by atomic mass is 9.99. The molecule has 0 aromatic carbocycles. The van der Waals surface area contributed by atoms with Crippen molar-refractivity contribution >= 4 is 11.9 Å². The molecule has 0 aromatic rings. The Kier molecular flexibility index (Phi) is 12.8. The van der Waals surface area contributed by atoms with E-state index in [2.05, 4.69) is 5.32 Å². The van der Waals surface area contributed by atoms with E-state index in [4.69, 9.17) is 10.2 Å². The first kappa shape index (κ1) is 19.0. The van der Waals surface area contributed by atoms with Gasteiger partial charge in [0.25, 0.3) is 0 Å². The average Bonchev–Trinajstić information content (AvgIpc) is 2.28. The molecule has 0 aliphatic carbocycles. The number of carbonyl (C=O) groups is 2. The Morgan fingerprint density at radius 2 is 1.78 bits per heavy atom. The summed E-state index contributed by atoms with van der Waals surface area (Å²) in [5, 5.41) is 19.3. The highest BCUT2D eigenvalue weighted by molar-refractivity contribution is 5.69. The summed E-state index contributed by atoms with van der Waals surface area (Å²) in [6.45, 7) is 8.25. The maximum absolute atomic E-state index is 10.1. The van der Waals surface area contributed by atoms with Gasteiger partial charge < -0.3 is 15.5 Å². The molecule has 0 amide bonds. The van der Waals surface area contributed by atoms with E-state index < -0.39 is 11.9 Å². The number of carboxylic acid groups (broad SMARTS) is 2.